The van der Waals surface area contributed by atoms with E-state index in [0.29, 0.717) is 19.3 Å². The molecule has 0 amide bonds. The number of rotatable bonds is 1. The van der Waals surface area contributed by atoms with Gasteiger partial charge in [0.15, 0.2) is 5.78 Å². The number of carbonyl (C=O) groups is 1. The van der Waals surface area contributed by atoms with Crippen molar-refractivity contribution in [2.45, 2.75) is 58.7 Å². The van der Waals surface area contributed by atoms with E-state index in [4.69, 9.17) is 0 Å². The van der Waals surface area contributed by atoms with Crippen LogP contribution in [0.25, 0.3) is 0 Å². The van der Waals surface area contributed by atoms with Gasteiger partial charge < -0.3 is 10.2 Å². The Hall–Kier alpha value is -0.670. The number of ketones is 1. The molecule has 2 aliphatic rings. The summed E-state index contributed by atoms with van der Waals surface area (Å²) in [4.78, 5) is 12.0. The van der Waals surface area contributed by atoms with Gasteiger partial charge in [-0.1, -0.05) is 26.8 Å². The predicted octanol–water partition coefficient (Wildman–Crippen LogP) is 2.07. The van der Waals surface area contributed by atoms with Crippen LogP contribution in [-0.4, -0.2) is 27.7 Å². The van der Waals surface area contributed by atoms with Gasteiger partial charge in [-0.25, -0.2) is 0 Å². The topological polar surface area (TPSA) is 57.5 Å². The second kappa shape index (κ2) is 4.17. The third kappa shape index (κ3) is 1.76. The van der Waals surface area contributed by atoms with Crippen LogP contribution in [0.15, 0.2) is 11.6 Å². The van der Waals surface area contributed by atoms with Crippen LogP contribution in [0.4, 0.5) is 0 Å². The minimum atomic E-state index is -1.07. The molecule has 0 spiro atoms. The monoisotopic (exact) mass is 252 g/mol. The summed E-state index contributed by atoms with van der Waals surface area (Å²) in [5.74, 6) is 0.0999. The van der Waals surface area contributed by atoms with E-state index < -0.39 is 11.7 Å². The number of fused-ring (bicyclic) bond motifs is 1. The van der Waals surface area contributed by atoms with Crippen LogP contribution in [0, 0.1) is 17.3 Å². The molecule has 1 saturated carbocycles. The van der Waals surface area contributed by atoms with Crippen LogP contribution >= 0.6 is 0 Å². The molecular formula is C15H24O3. The Balaban J connectivity index is 2.44. The molecule has 0 heterocycles. The lowest BCUT2D eigenvalue weighted by Crippen LogP contribution is -2.49. The number of hydrogen-bond acceptors (Lipinski definition) is 3. The first kappa shape index (κ1) is 13.8. The summed E-state index contributed by atoms with van der Waals surface area (Å²) in [6.07, 6.45) is 2.83. The van der Waals surface area contributed by atoms with Crippen LogP contribution in [0.1, 0.15) is 47.0 Å². The Labute approximate surface area is 109 Å². The van der Waals surface area contributed by atoms with Crippen LogP contribution in [0.5, 0.6) is 0 Å². The highest BCUT2D eigenvalue weighted by Gasteiger charge is 2.60. The molecule has 4 unspecified atom stereocenters. The van der Waals surface area contributed by atoms with E-state index in [-0.39, 0.29) is 23.0 Å². The largest absolute Gasteiger partial charge is 0.390 e. The summed E-state index contributed by atoms with van der Waals surface area (Å²) in [5, 5.41) is 21.2. The van der Waals surface area contributed by atoms with Gasteiger partial charge in [-0.3, -0.25) is 4.79 Å². The minimum Gasteiger partial charge on any atom is -0.390 e. The van der Waals surface area contributed by atoms with E-state index in [9.17, 15) is 15.0 Å². The lowest BCUT2D eigenvalue weighted by molar-refractivity contribution is -0.124. The maximum absolute atomic E-state index is 12.0. The van der Waals surface area contributed by atoms with Crippen molar-refractivity contribution in [2.24, 2.45) is 17.3 Å². The molecule has 18 heavy (non-hydrogen) atoms. The Kier molecular flexibility index (Phi) is 3.19. The van der Waals surface area contributed by atoms with Crippen molar-refractivity contribution >= 4 is 5.78 Å². The summed E-state index contributed by atoms with van der Waals surface area (Å²) in [6.45, 7) is 7.76. The number of aliphatic hydroxyl groups excluding tert-OH is 1. The quantitative estimate of drug-likeness (QED) is 0.751. The van der Waals surface area contributed by atoms with Crippen molar-refractivity contribution in [3.05, 3.63) is 11.6 Å². The van der Waals surface area contributed by atoms with E-state index in [0.717, 1.165) is 5.57 Å². The number of carbonyl (C=O) groups excluding carboxylic acids is 1. The molecule has 0 aliphatic heterocycles. The Bertz CT molecular complexity index is 399. The molecule has 1 fully saturated rings. The van der Waals surface area contributed by atoms with Crippen molar-refractivity contribution in [3.63, 3.8) is 0 Å². The molecule has 0 saturated heterocycles. The molecule has 0 radical (unpaired) electrons. The van der Waals surface area contributed by atoms with Gasteiger partial charge in [0.05, 0.1) is 11.7 Å². The zero-order valence-corrected chi connectivity index (χ0v) is 11.7. The van der Waals surface area contributed by atoms with Gasteiger partial charge in [-0.15, -0.1) is 0 Å². The molecule has 0 aromatic carbocycles. The fourth-order valence-corrected chi connectivity index (χ4v) is 3.91. The maximum Gasteiger partial charge on any atom is 0.158 e. The summed E-state index contributed by atoms with van der Waals surface area (Å²) < 4.78 is 0. The molecule has 0 bridgehead atoms. The van der Waals surface area contributed by atoms with Crippen molar-refractivity contribution in [1.82, 2.24) is 0 Å². The predicted molar refractivity (Wildman–Crippen MR) is 70.0 cm³/mol. The number of aliphatic hydroxyl groups is 2. The third-order valence-electron chi connectivity index (χ3n) is 5.18. The van der Waals surface area contributed by atoms with Gasteiger partial charge >= 0.3 is 0 Å². The van der Waals surface area contributed by atoms with E-state index in [2.05, 4.69) is 0 Å². The first-order valence-corrected chi connectivity index (χ1v) is 6.82. The second-order valence-corrected chi connectivity index (χ2v) is 6.69. The van der Waals surface area contributed by atoms with E-state index in [1.54, 1.807) is 0 Å². The van der Waals surface area contributed by atoms with Crippen LogP contribution in [-0.2, 0) is 4.79 Å². The second-order valence-electron chi connectivity index (χ2n) is 6.69. The average Bonchev–Trinajstić information content (AvgIpc) is 2.36. The SMILES string of the molecule is CC1=CCC2C(C)(CC1=O)CC(O)C2(O)C(C)C. The average molecular weight is 252 g/mol. The zero-order valence-electron chi connectivity index (χ0n) is 11.7. The van der Waals surface area contributed by atoms with Gasteiger partial charge in [0.1, 0.15) is 0 Å². The maximum atomic E-state index is 12.0. The molecule has 0 aromatic rings. The van der Waals surface area contributed by atoms with Gasteiger partial charge in [-0.2, -0.15) is 0 Å². The van der Waals surface area contributed by atoms with Gasteiger partial charge in [0, 0.05) is 6.42 Å². The van der Waals surface area contributed by atoms with Gasteiger partial charge in [-0.05, 0) is 42.6 Å². The fraction of sp³-hybridized carbons (Fsp3) is 0.800. The fourth-order valence-electron chi connectivity index (χ4n) is 3.91. The van der Waals surface area contributed by atoms with Crippen molar-refractivity contribution < 1.29 is 15.0 Å². The minimum absolute atomic E-state index is 0.0127. The number of allylic oxidation sites excluding steroid dienone is 2. The normalized spacial score (nSPS) is 44.8. The Morgan fingerprint density at radius 1 is 1.44 bits per heavy atom. The first-order chi connectivity index (χ1) is 8.21. The van der Waals surface area contributed by atoms with E-state index in [1.165, 1.54) is 0 Å². The number of Topliss-reactive ketones (excluding diaryl/α,β-unsaturated/α-hetero) is 1. The molecule has 2 N–H and O–H groups in total. The van der Waals surface area contributed by atoms with Crippen LogP contribution in [0.2, 0.25) is 0 Å². The summed E-state index contributed by atoms with van der Waals surface area (Å²) in [7, 11) is 0. The lowest BCUT2D eigenvalue weighted by Gasteiger charge is -2.40. The molecule has 2 aliphatic carbocycles. The van der Waals surface area contributed by atoms with Crippen molar-refractivity contribution in [2.75, 3.05) is 0 Å². The lowest BCUT2D eigenvalue weighted by atomic mass is 9.69. The first-order valence-electron chi connectivity index (χ1n) is 6.82. The molecule has 0 aromatic heterocycles. The molecule has 2 rings (SSSR count). The van der Waals surface area contributed by atoms with Crippen molar-refractivity contribution in [1.29, 1.82) is 0 Å². The Morgan fingerprint density at radius 2 is 2.06 bits per heavy atom. The summed E-state index contributed by atoms with van der Waals surface area (Å²) in [6, 6.07) is 0. The molecule has 3 heteroatoms. The highest BCUT2D eigenvalue weighted by Crippen LogP contribution is 2.56. The summed E-state index contributed by atoms with van der Waals surface area (Å²) in [5.41, 5.74) is -0.564. The van der Waals surface area contributed by atoms with Crippen LogP contribution < -0.4 is 0 Å². The molecule has 4 atom stereocenters. The molecule has 3 nitrogen and oxygen atoms in total. The molecular weight excluding hydrogens is 228 g/mol. The third-order valence-corrected chi connectivity index (χ3v) is 5.18. The van der Waals surface area contributed by atoms with Crippen LogP contribution in [0.3, 0.4) is 0 Å². The van der Waals surface area contributed by atoms with E-state index in [1.807, 2.05) is 33.8 Å². The highest BCUT2D eigenvalue weighted by atomic mass is 16.3. The molecule has 102 valence electrons. The number of hydrogen-bond donors (Lipinski definition) is 2. The zero-order chi connectivity index (χ0) is 13.7. The standard InChI is InChI=1S/C15H24O3/c1-9(2)15(18)12-6-5-10(3)11(16)7-14(12,4)8-13(15)17/h5,9,12-13,17-18H,6-8H2,1-4H3. The van der Waals surface area contributed by atoms with Gasteiger partial charge in [0.25, 0.3) is 0 Å². The van der Waals surface area contributed by atoms with E-state index >= 15 is 0 Å². The van der Waals surface area contributed by atoms with Gasteiger partial charge in [0.2, 0.25) is 0 Å². The highest BCUT2D eigenvalue weighted by molar-refractivity contribution is 5.95. The Morgan fingerprint density at radius 3 is 2.61 bits per heavy atom. The smallest absolute Gasteiger partial charge is 0.158 e. The van der Waals surface area contributed by atoms with Crippen molar-refractivity contribution in [3.8, 4) is 0 Å². The summed E-state index contributed by atoms with van der Waals surface area (Å²) >= 11 is 0.